The number of halogens is 1. The van der Waals surface area contributed by atoms with Crippen LogP contribution in [0.25, 0.3) is 6.08 Å². The second kappa shape index (κ2) is 11.0. The fourth-order valence-corrected chi connectivity index (χ4v) is 4.75. The SMILES string of the molecule is CCOc1cc(/C=C2\SC(=S)N(CC)C2=O)c(Br)cc1OCC(=O)Nc1ccc(C)cc1. The molecule has 9 heteroatoms. The molecule has 0 atom stereocenters. The molecule has 0 aromatic heterocycles. The number of hydrogen-bond donors (Lipinski definition) is 1. The topological polar surface area (TPSA) is 67.9 Å². The molecule has 2 aromatic rings. The van der Waals surface area contributed by atoms with E-state index in [-0.39, 0.29) is 18.4 Å². The summed E-state index contributed by atoms with van der Waals surface area (Å²) in [4.78, 5) is 26.9. The lowest BCUT2D eigenvalue weighted by Crippen LogP contribution is -2.27. The van der Waals surface area contributed by atoms with Crippen LogP contribution < -0.4 is 14.8 Å². The Kier molecular flexibility index (Phi) is 8.33. The van der Waals surface area contributed by atoms with Gasteiger partial charge in [0.1, 0.15) is 4.32 Å². The van der Waals surface area contributed by atoms with Gasteiger partial charge in [0, 0.05) is 16.7 Å². The third-order valence-corrected chi connectivity index (χ3v) is 6.60. The zero-order valence-corrected chi connectivity index (χ0v) is 21.2. The lowest BCUT2D eigenvalue weighted by molar-refractivity contribution is -0.122. The minimum Gasteiger partial charge on any atom is -0.490 e. The van der Waals surface area contributed by atoms with Crippen LogP contribution in [0.3, 0.4) is 0 Å². The van der Waals surface area contributed by atoms with Crippen molar-refractivity contribution in [1.29, 1.82) is 0 Å². The highest BCUT2D eigenvalue weighted by Gasteiger charge is 2.30. The number of carbonyl (C=O) groups is 2. The molecule has 0 aliphatic carbocycles. The van der Waals surface area contributed by atoms with Crippen LogP contribution in [0.2, 0.25) is 0 Å². The number of nitrogens with zero attached hydrogens (tertiary/aromatic N) is 1. The Morgan fingerprint density at radius 3 is 2.50 bits per heavy atom. The highest BCUT2D eigenvalue weighted by molar-refractivity contribution is 9.10. The molecule has 1 heterocycles. The molecule has 1 aliphatic rings. The fourth-order valence-electron chi connectivity index (χ4n) is 2.93. The van der Waals surface area contributed by atoms with Gasteiger partial charge in [0.05, 0.1) is 11.5 Å². The van der Waals surface area contributed by atoms with Crippen LogP contribution >= 0.6 is 39.9 Å². The zero-order chi connectivity index (χ0) is 23.3. The van der Waals surface area contributed by atoms with Crippen LogP contribution in [-0.2, 0) is 9.59 Å². The third kappa shape index (κ3) is 5.90. The van der Waals surface area contributed by atoms with E-state index in [1.54, 1.807) is 23.1 Å². The minimum absolute atomic E-state index is 0.111. The van der Waals surface area contributed by atoms with Gasteiger partial charge in [-0.25, -0.2) is 0 Å². The molecular weight excluding hydrogens is 512 g/mol. The molecule has 6 nitrogen and oxygen atoms in total. The molecule has 1 fully saturated rings. The Bertz CT molecular complexity index is 1070. The van der Waals surface area contributed by atoms with Crippen LogP contribution in [0.1, 0.15) is 25.0 Å². The number of nitrogens with one attached hydrogen (secondary N) is 1. The number of hydrogen-bond acceptors (Lipinski definition) is 6. The van der Waals surface area contributed by atoms with Gasteiger partial charge < -0.3 is 14.8 Å². The van der Waals surface area contributed by atoms with E-state index >= 15 is 0 Å². The minimum atomic E-state index is -0.278. The first-order valence-corrected chi connectivity index (χ1v) is 12.0. The summed E-state index contributed by atoms with van der Waals surface area (Å²) in [5.41, 5.74) is 2.57. The van der Waals surface area contributed by atoms with Crippen molar-refractivity contribution in [3.63, 3.8) is 0 Å². The van der Waals surface area contributed by atoms with Gasteiger partial charge in [0.25, 0.3) is 11.8 Å². The van der Waals surface area contributed by atoms with E-state index in [9.17, 15) is 9.59 Å². The maximum Gasteiger partial charge on any atom is 0.266 e. The van der Waals surface area contributed by atoms with Crippen LogP contribution in [0, 0.1) is 6.92 Å². The first-order valence-electron chi connectivity index (χ1n) is 10.0. The number of aryl methyl sites for hydroxylation is 1. The number of likely N-dealkylation sites (N-methyl/N-ethyl adjacent to an activating group) is 1. The van der Waals surface area contributed by atoms with Crippen molar-refractivity contribution in [2.24, 2.45) is 0 Å². The van der Waals surface area contributed by atoms with Crippen molar-refractivity contribution in [3.05, 3.63) is 56.9 Å². The van der Waals surface area contributed by atoms with Gasteiger partial charge in [-0.05, 0) is 56.7 Å². The normalized spacial score (nSPS) is 14.8. The van der Waals surface area contributed by atoms with Crippen LogP contribution in [0.4, 0.5) is 5.69 Å². The number of benzene rings is 2. The highest BCUT2D eigenvalue weighted by Crippen LogP contribution is 2.38. The second-order valence-corrected chi connectivity index (χ2v) is 9.41. The summed E-state index contributed by atoms with van der Waals surface area (Å²) in [7, 11) is 0. The predicted octanol–water partition coefficient (Wildman–Crippen LogP) is 5.39. The molecule has 1 aliphatic heterocycles. The monoisotopic (exact) mass is 534 g/mol. The van der Waals surface area contributed by atoms with E-state index in [2.05, 4.69) is 21.2 Å². The molecule has 1 saturated heterocycles. The maximum absolute atomic E-state index is 12.5. The molecule has 3 rings (SSSR count). The van der Waals surface area contributed by atoms with Gasteiger partial charge >= 0.3 is 0 Å². The van der Waals surface area contributed by atoms with Crippen molar-refractivity contribution in [2.75, 3.05) is 25.1 Å². The zero-order valence-electron chi connectivity index (χ0n) is 17.9. The van der Waals surface area contributed by atoms with Gasteiger partial charge in [-0.2, -0.15) is 0 Å². The summed E-state index contributed by atoms with van der Waals surface area (Å²) in [6.07, 6.45) is 1.77. The van der Waals surface area contributed by atoms with Crippen LogP contribution in [0.15, 0.2) is 45.8 Å². The largest absolute Gasteiger partial charge is 0.490 e. The van der Waals surface area contributed by atoms with E-state index in [0.717, 1.165) is 11.1 Å². The lowest BCUT2D eigenvalue weighted by atomic mass is 10.2. The van der Waals surface area contributed by atoms with E-state index in [4.69, 9.17) is 21.7 Å². The summed E-state index contributed by atoms with van der Waals surface area (Å²) in [5, 5.41) is 2.80. The number of ether oxygens (including phenoxy) is 2. The fraction of sp³-hybridized carbons (Fsp3) is 0.261. The lowest BCUT2D eigenvalue weighted by Gasteiger charge is -2.14. The molecular formula is C23H23BrN2O4S2. The average Bonchev–Trinajstić information content (AvgIpc) is 3.03. The Labute approximate surface area is 205 Å². The van der Waals surface area contributed by atoms with Crippen molar-refractivity contribution in [1.82, 2.24) is 4.90 Å². The molecule has 0 bridgehead atoms. The first-order chi connectivity index (χ1) is 15.3. The van der Waals surface area contributed by atoms with Gasteiger partial charge in [-0.15, -0.1) is 0 Å². The molecule has 0 radical (unpaired) electrons. The number of thiocarbonyl (C=S) groups is 1. The van der Waals surface area contributed by atoms with Gasteiger partial charge in [-0.1, -0.05) is 57.6 Å². The van der Waals surface area contributed by atoms with Crippen molar-refractivity contribution in [2.45, 2.75) is 20.8 Å². The quantitative estimate of drug-likeness (QED) is 0.361. The van der Waals surface area contributed by atoms with Gasteiger partial charge in [-0.3, -0.25) is 14.5 Å². The molecule has 168 valence electrons. The summed E-state index contributed by atoms with van der Waals surface area (Å²) >= 11 is 10.1. The molecule has 2 amide bonds. The van der Waals surface area contributed by atoms with E-state index in [1.807, 2.05) is 45.0 Å². The van der Waals surface area contributed by atoms with Crippen LogP contribution in [0.5, 0.6) is 11.5 Å². The van der Waals surface area contributed by atoms with Gasteiger partial charge in [0.2, 0.25) is 0 Å². The molecule has 1 N–H and O–H groups in total. The molecule has 0 unspecified atom stereocenters. The smallest absolute Gasteiger partial charge is 0.266 e. The summed E-state index contributed by atoms with van der Waals surface area (Å²) in [6, 6.07) is 11.0. The Hall–Kier alpha value is -2.36. The second-order valence-electron chi connectivity index (χ2n) is 6.88. The Balaban J connectivity index is 1.76. The van der Waals surface area contributed by atoms with Gasteiger partial charge in [0.15, 0.2) is 18.1 Å². The van der Waals surface area contributed by atoms with Crippen molar-refractivity contribution < 1.29 is 19.1 Å². The van der Waals surface area contributed by atoms with E-state index < -0.39 is 0 Å². The first kappa shape index (κ1) is 24.3. The number of carbonyl (C=O) groups excluding carboxylic acids is 2. The van der Waals surface area contributed by atoms with E-state index in [0.29, 0.717) is 44.0 Å². The average molecular weight is 535 g/mol. The molecule has 2 aromatic carbocycles. The van der Waals surface area contributed by atoms with Crippen molar-refractivity contribution >= 4 is 67.8 Å². The third-order valence-electron chi connectivity index (χ3n) is 4.53. The molecule has 0 spiro atoms. The maximum atomic E-state index is 12.5. The van der Waals surface area contributed by atoms with Crippen molar-refractivity contribution in [3.8, 4) is 11.5 Å². The molecule has 0 saturated carbocycles. The summed E-state index contributed by atoms with van der Waals surface area (Å²) in [5.74, 6) is 0.521. The standard InChI is InChI=1S/C23H23BrN2O4S2/c1-4-26-22(28)20(32-23(26)31)11-15-10-18(29-5-2)19(12-17(15)24)30-13-21(27)25-16-8-6-14(3)7-9-16/h6-12H,4-5,13H2,1-3H3,(H,25,27)/b20-11-. The predicted molar refractivity (Wildman–Crippen MR) is 136 cm³/mol. The Morgan fingerprint density at radius 2 is 1.88 bits per heavy atom. The number of thioether (sulfide) groups is 1. The molecule has 32 heavy (non-hydrogen) atoms. The van der Waals surface area contributed by atoms with Crippen LogP contribution in [-0.4, -0.2) is 40.8 Å². The number of rotatable bonds is 8. The highest BCUT2D eigenvalue weighted by atomic mass is 79.9. The number of amides is 2. The van der Waals surface area contributed by atoms with E-state index in [1.165, 1.54) is 11.8 Å². The summed E-state index contributed by atoms with van der Waals surface area (Å²) < 4.78 is 12.7. The Morgan fingerprint density at radius 1 is 1.19 bits per heavy atom. The summed E-state index contributed by atoms with van der Waals surface area (Å²) in [6.45, 7) is 6.52. The number of anilines is 1.